The highest BCUT2D eigenvalue weighted by molar-refractivity contribution is 6.30. The fraction of sp³-hybridized carbons (Fsp3) is 0.125. The summed E-state index contributed by atoms with van der Waals surface area (Å²) in [5.41, 5.74) is 4.35. The maximum atomic E-state index is 13.0. The Morgan fingerprint density at radius 1 is 0.862 bits per heavy atom. The van der Waals surface area contributed by atoms with E-state index in [0.29, 0.717) is 22.2 Å². The molecule has 0 saturated carbocycles. The van der Waals surface area contributed by atoms with Gasteiger partial charge in [-0.15, -0.1) is 0 Å². The Balaban J connectivity index is 1.80. The highest BCUT2D eigenvalue weighted by Crippen LogP contribution is 2.44. The molecule has 1 N–H and O–H groups in total. The minimum Gasteiger partial charge on any atom is -0.503 e. The van der Waals surface area contributed by atoms with Crippen molar-refractivity contribution in [2.24, 2.45) is 0 Å². The van der Waals surface area contributed by atoms with E-state index in [-0.39, 0.29) is 5.76 Å². The van der Waals surface area contributed by atoms with Crippen molar-refractivity contribution in [1.82, 2.24) is 4.90 Å². The highest BCUT2D eigenvalue weighted by atomic mass is 35.5. The van der Waals surface area contributed by atoms with Crippen LogP contribution in [0.4, 0.5) is 0 Å². The van der Waals surface area contributed by atoms with E-state index < -0.39 is 11.9 Å². The molecule has 0 bridgehead atoms. The van der Waals surface area contributed by atoms with E-state index in [2.05, 4.69) is 0 Å². The molecule has 1 aliphatic rings. The first-order valence-electron chi connectivity index (χ1n) is 9.25. The fourth-order valence-electron chi connectivity index (χ4n) is 3.62. The average Bonchev–Trinajstić information content (AvgIpc) is 2.96. The summed E-state index contributed by atoms with van der Waals surface area (Å²) in [6.07, 6.45) is 0. The molecule has 0 saturated heterocycles. The van der Waals surface area contributed by atoms with Gasteiger partial charge in [0.15, 0.2) is 5.76 Å². The van der Waals surface area contributed by atoms with Gasteiger partial charge in [-0.25, -0.2) is 0 Å². The van der Waals surface area contributed by atoms with E-state index in [1.54, 1.807) is 29.2 Å². The average molecular weight is 424 g/mol. The van der Waals surface area contributed by atoms with Gasteiger partial charge in [0.2, 0.25) is 0 Å². The van der Waals surface area contributed by atoms with Crippen LogP contribution in [0, 0.1) is 6.92 Å². The van der Waals surface area contributed by atoms with Crippen molar-refractivity contribution in [2.75, 3.05) is 0 Å². The van der Waals surface area contributed by atoms with Gasteiger partial charge >= 0.3 is 0 Å². The standard InChI is InChI=1S/C24H19Cl2NO2/c1-15-2-6-17(7-3-15)21-22(18-8-12-20(26)13-9-18)27(24(29)23(21)28)14-16-4-10-19(25)11-5-16/h2-13,22,28H,14H2,1H3/t22-/m1/s1. The summed E-state index contributed by atoms with van der Waals surface area (Å²) in [5, 5.41) is 12.1. The molecule has 0 spiro atoms. The maximum absolute atomic E-state index is 13.0. The molecule has 1 atom stereocenters. The molecule has 4 rings (SSSR count). The van der Waals surface area contributed by atoms with E-state index in [0.717, 1.165) is 22.3 Å². The van der Waals surface area contributed by atoms with Gasteiger partial charge in [-0.3, -0.25) is 4.79 Å². The minimum atomic E-state index is -0.418. The molecular formula is C24H19Cl2NO2. The fourth-order valence-corrected chi connectivity index (χ4v) is 3.87. The van der Waals surface area contributed by atoms with Gasteiger partial charge in [0.05, 0.1) is 6.04 Å². The van der Waals surface area contributed by atoms with Crippen molar-refractivity contribution in [2.45, 2.75) is 19.5 Å². The van der Waals surface area contributed by atoms with Gasteiger partial charge in [0.1, 0.15) is 0 Å². The molecule has 0 aliphatic carbocycles. The number of hydrogen-bond acceptors (Lipinski definition) is 2. The molecular weight excluding hydrogens is 405 g/mol. The number of hydrogen-bond donors (Lipinski definition) is 1. The van der Waals surface area contributed by atoms with E-state index in [4.69, 9.17) is 23.2 Å². The summed E-state index contributed by atoms with van der Waals surface area (Å²) in [6, 6.07) is 22.1. The van der Waals surface area contributed by atoms with E-state index in [9.17, 15) is 9.90 Å². The van der Waals surface area contributed by atoms with E-state index >= 15 is 0 Å². The normalized spacial score (nSPS) is 16.6. The molecule has 0 radical (unpaired) electrons. The number of halogens is 2. The third kappa shape index (κ3) is 3.89. The van der Waals surface area contributed by atoms with Crippen LogP contribution in [-0.4, -0.2) is 15.9 Å². The summed E-state index contributed by atoms with van der Waals surface area (Å²) in [4.78, 5) is 14.7. The second kappa shape index (κ2) is 7.94. The Morgan fingerprint density at radius 2 is 1.41 bits per heavy atom. The van der Waals surface area contributed by atoms with Gasteiger partial charge in [0, 0.05) is 22.2 Å². The number of carbonyl (C=O) groups is 1. The SMILES string of the molecule is Cc1ccc(C2=C(O)C(=O)N(Cc3ccc(Cl)cc3)[C@@H]2c2ccc(Cl)cc2)cc1. The lowest BCUT2D eigenvalue weighted by Gasteiger charge is -2.27. The lowest BCUT2D eigenvalue weighted by Crippen LogP contribution is -2.29. The predicted molar refractivity (Wildman–Crippen MR) is 117 cm³/mol. The minimum absolute atomic E-state index is 0.220. The number of benzene rings is 3. The molecule has 29 heavy (non-hydrogen) atoms. The van der Waals surface area contributed by atoms with Crippen LogP contribution in [0.3, 0.4) is 0 Å². The first-order valence-corrected chi connectivity index (χ1v) is 10.0. The third-order valence-electron chi connectivity index (χ3n) is 5.12. The number of nitrogens with zero attached hydrogens (tertiary/aromatic N) is 1. The van der Waals surface area contributed by atoms with Crippen LogP contribution in [-0.2, 0) is 11.3 Å². The van der Waals surface area contributed by atoms with Crippen LogP contribution in [0.15, 0.2) is 78.6 Å². The summed E-state index contributed by atoms with van der Waals surface area (Å²) in [7, 11) is 0. The van der Waals surface area contributed by atoms with E-state index in [1.165, 1.54) is 0 Å². The van der Waals surface area contributed by atoms with Crippen molar-refractivity contribution in [3.05, 3.63) is 111 Å². The summed E-state index contributed by atoms with van der Waals surface area (Å²) in [5.74, 6) is -0.613. The number of aliphatic hydroxyl groups is 1. The van der Waals surface area contributed by atoms with Crippen LogP contribution in [0.25, 0.3) is 5.57 Å². The lowest BCUT2D eigenvalue weighted by molar-refractivity contribution is -0.130. The lowest BCUT2D eigenvalue weighted by atomic mass is 9.93. The second-order valence-electron chi connectivity index (χ2n) is 7.14. The smallest absolute Gasteiger partial charge is 0.290 e. The first-order chi connectivity index (χ1) is 13.9. The number of carbonyl (C=O) groups excluding carboxylic acids is 1. The van der Waals surface area contributed by atoms with Gasteiger partial charge < -0.3 is 10.0 Å². The molecule has 1 aliphatic heterocycles. The first kappa shape index (κ1) is 19.6. The topological polar surface area (TPSA) is 40.5 Å². The predicted octanol–water partition coefficient (Wildman–Crippen LogP) is 6.35. The Hall–Kier alpha value is -2.75. The van der Waals surface area contributed by atoms with Gasteiger partial charge in [-0.05, 0) is 47.9 Å². The Morgan fingerprint density at radius 3 is 2.00 bits per heavy atom. The summed E-state index contributed by atoms with van der Waals surface area (Å²) >= 11 is 12.1. The number of rotatable bonds is 4. The highest BCUT2D eigenvalue weighted by Gasteiger charge is 2.40. The Kier molecular flexibility index (Phi) is 5.35. The zero-order valence-corrected chi connectivity index (χ0v) is 17.3. The molecule has 1 heterocycles. The van der Waals surface area contributed by atoms with Crippen molar-refractivity contribution in [3.63, 3.8) is 0 Å². The van der Waals surface area contributed by atoms with Gasteiger partial charge in [-0.2, -0.15) is 0 Å². The number of aryl methyl sites for hydroxylation is 1. The van der Waals surface area contributed by atoms with Crippen molar-refractivity contribution >= 4 is 34.7 Å². The Bertz CT molecular complexity index is 1070. The third-order valence-corrected chi connectivity index (χ3v) is 5.62. The zero-order chi connectivity index (χ0) is 20.5. The molecule has 0 aromatic heterocycles. The molecule has 1 amide bonds. The number of amides is 1. The summed E-state index contributed by atoms with van der Waals surface area (Å²) < 4.78 is 0. The number of aliphatic hydroxyl groups excluding tert-OH is 1. The van der Waals surface area contributed by atoms with Gasteiger partial charge in [0.25, 0.3) is 5.91 Å². The zero-order valence-electron chi connectivity index (χ0n) is 15.8. The van der Waals surface area contributed by atoms with Crippen molar-refractivity contribution in [1.29, 1.82) is 0 Å². The largest absolute Gasteiger partial charge is 0.503 e. The van der Waals surface area contributed by atoms with Crippen LogP contribution in [0.1, 0.15) is 28.3 Å². The van der Waals surface area contributed by atoms with Crippen LogP contribution >= 0.6 is 23.2 Å². The quantitative estimate of drug-likeness (QED) is 0.530. The molecule has 146 valence electrons. The van der Waals surface area contributed by atoms with E-state index in [1.807, 2.05) is 55.5 Å². The van der Waals surface area contributed by atoms with Crippen molar-refractivity contribution in [3.8, 4) is 0 Å². The molecule has 3 nitrogen and oxygen atoms in total. The molecule has 3 aromatic rings. The maximum Gasteiger partial charge on any atom is 0.290 e. The monoisotopic (exact) mass is 423 g/mol. The second-order valence-corrected chi connectivity index (χ2v) is 8.01. The van der Waals surface area contributed by atoms with Crippen LogP contribution < -0.4 is 0 Å². The molecule has 3 aromatic carbocycles. The summed E-state index contributed by atoms with van der Waals surface area (Å²) in [6.45, 7) is 2.35. The van der Waals surface area contributed by atoms with Gasteiger partial charge in [-0.1, -0.05) is 77.3 Å². The van der Waals surface area contributed by atoms with Crippen LogP contribution in [0.5, 0.6) is 0 Å². The molecule has 0 fully saturated rings. The van der Waals surface area contributed by atoms with Crippen molar-refractivity contribution < 1.29 is 9.90 Å². The molecule has 0 unspecified atom stereocenters. The van der Waals surface area contributed by atoms with Crippen LogP contribution in [0.2, 0.25) is 10.0 Å². The Labute approximate surface area is 179 Å². The molecule has 5 heteroatoms.